The molecule has 1 aromatic rings. The molecule has 0 spiro atoms. The van der Waals surface area contributed by atoms with Gasteiger partial charge in [-0.1, -0.05) is 38.3 Å². The number of rotatable bonds is 4. The van der Waals surface area contributed by atoms with E-state index < -0.39 is 6.10 Å². The van der Waals surface area contributed by atoms with Crippen LogP contribution in [0.4, 0.5) is 4.39 Å². The van der Waals surface area contributed by atoms with Crippen LogP contribution in [-0.4, -0.2) is 17.2 Å². The summed E-state index contributed by atoms with van der Waals surface area (Å²) in [5.74, 6) is -0.282. The van der Waals surface area contributed by atoms with E-state index in [0.29, 0.717) is 11.6 Å². The Labute approximate surface area is 115 Å². The van der Waals surface area contributed by atoms with Gasteiger partial charge in [-0.15, -0.1) is 0 Å². The first-order chi connectivity index (χ1) is 9.20. The van der Waals surface area contributed by atoms with Crippen molar-refractivity contribution in [1.29, 1.82) is 0 Å². The number of nitrogens with one attached hydrogen (secondary N) is 1. The predicted molar refractivity (Wildman–Crippen MR) is 75.4 cm³/mol. The minimum Gasteiger partial charge on any atom is -0.387 e. The first-order valence-electron chi connectivity index (χ1n) is 7.40. The lowest BCUT2D eigenvalue weighted by atomic mass is 9.98. The molecule has 0 aromatic heterocycles. The zero-order chi connectivity index (χ0) is 13.7. The molecule has 106 valence electrons. The second kappa shape index (κ2) is 7.01. The van der Waals surface area contributed by atoms with Gasteiger partial charge < -0.3 is 10.4 Å². The number of aliphatic hydroxyl groups excluding tert-OH is 1. The molecule has 3 heteroatoms. The Bertz CT molecular complexity index is 396. The molecule has 0 bridgehead atoms. The quantitative estimate of drug-likeness (QED) is 0.872. The van der Waals surface area contributed by atoms with Crippen LogP contribution in [0.2, 0.25) is 0 Å². The third-order valence-electron chi connectivity index (χ3n) is 3.98. The fourth-order valence-corrected chi connectivity index (χ4v) is 2.97. The van der Waals surface area contributed by atoms with Gasteiger partial charge in [-0.2, -0.15) is 0 Å². The van der Waals surface area contributed by atoms with E-state index in [-0.39, 0.29) is 11.9 Å². The van der Waals surface area contributed by atoms with Gasteiger partial charge in [-0.3, -0.25) is 0 Å². The lowest BCUT2D eigenvalue weighted by molar-refractivity contribution is 0.119. The van der Waals surface area contributed by atoms with E-state index in [9.17, 15) is 9.50 Å². The normalized spacial score (nSPS) is 25.8. The molecule has 0 saturated carbocycles. The SMILES string of the molecule is CCC[C@@H]1CCCC[C@H]([C@H](O)c2cccc(F)c2)N1. The smallest absolute Gasteiger partial charge is 0.123 e. The molecule has 2 rings (SSSR count). The van der Waals surface area contributed by atoms with Gasteiger partial charge in [0.25, 0.3) is 0 Å². The number of halogens is 1. The van der Waals surface area contributed by atoms with Crippen molar-refractivity contribution in [2.24, 2.45) is 0 Å². The standard InChI is InChI=1S/C16H24FNO/c1-2-6-14-9-3-4-10-15(18-14)16(19)12-7-5-8-13(17)11-12/h5,7-8,11,14-16,18-19H,2-4,6,9-10H2,1H3/t14-,15-,16-/m1/s1. The van der Waals surface area contributed by atoms with Crippen LogP contribution in [0.5, 0.6) is 0 Å². The fraction of sp³-hybridized carbons (Fsp3) is 0.625. The van der Waals surface area contributed by atoms with E-state index >= 15 is 0 Å². The Morgan fingerprint density at radius 3 is 2.89 bits per heavy atom. The van der Waals surface area contributed by atoms with E-state index in [1.54, 1.807) is 12.1 Å². The zero-order valence-corrected chi connectivity index (χ0v) is 11.6. The van der Waals surface area contributed by atoms with Gasteiger partial charge in [0.15, 0.2) is 0 Å². The summed E-state index contributed by atoms with van der Waals surface area (Å²) in [6.07, 6.45) is 6.16. The van der Waals surface area contributed by atoms with Crippen molar-refractivity contribution in [1.82, 2.24) is 5.32 Å². The number of aliphatic hydroxyl groups is 1. The predicted octanol–water partition coefficient (Wildman–Crippen LogP) is 3.56. The molecule has 2 N–H and O–H groups in total. The minimum atomic E-state index is -0.617. The number of hydrogen-bond acceptors (Lipinski definition) is 2. The first kappa shape index (κ1) is 14.5. The third-order valence-corrected chi connectivity index (χ3v) is 3.98. The highest BCUT2D eigenvalue weighted by molar-refractivity contribution is 5.20. The van der Waals surface area contributed by atoms with E-state index in [1.165, 1.54) is 25.0 Å². The van der Waals surface area contributed by atoms with Crippen molar-refractivity contribution in [3.05, 3.63) is 35.6 Å². The van der Waals surface area contributed by atoms with Crippen LogP contribution >= 0.6 is 0 Å². The summed E-state index contributed by atoms with van der Waals surface area (Å²) in [7, 11) is 0. The highest BCUT2D eigenvalue weighted by Crippen LogP contribution is 2.25. The molecule has 0 amide bonds. The molecular weight excluding hydrogens is 241 g/mol. The van der Waals surface area contributed by atoms with Crippen LogP contribution in [0, 0.1) is 5.82 Å². The van der Waals surface area contributed by atoms with Crippen LogP contribution in [0.1, 0.15) is 57.1 Å². The molecule has 1 aromatic carbocycles. The molecule has 1 aliphatic rings. The van der Waals surface area contributed by atoms with Crippen molar-refractivity contribution in [2.75, 3.05) is 0 Å². The van der Waals surface area contributed by atoms with E-state index in [2.05, 4.69) is 12.2 Å². The second-order valence-corrected chi connectivity index (χ2v) is 5.54. The Kier molecular flexibility index (Phi) is 5.34. The lowest BCUT2D eigenvalue weighted by Crippen LogP contribution is -2.40. The summed E-state index contributed by atoms with van der Waals surface area (Å²) in [5.41, 5.74) is 0.676. The van der Waals surface area contributed by atoms with Crippen LogP contribution in [0.25, 0.3) is 0 Å². The Morgan fingerprint density at radius 2 is 2.16 bits per heavy atom. The summed E-state index contributed by atoms with van der Waals surface area (Å²) in [5, 5.41) is 14.0. The summed E-state index contributed by atoms with van der Waals surface area (Å²) in [4.78, 5) is 0. The van der Waals surface area contributed by atoms with Gasteiger partial charge in [0.1, 0.15) is 5.82 Å². The second-order valence-electron chi connectivity index (χ2n) is 5.54. The maximum atomic E-state index is 13.2. The highest BCUT2D eigenvalue weighted by atomic mass is 19.1. The molecule has 1 heterocycles. The summed E-state index contributed by atoms with van der Waals surface area (Å²) in [6, 6.07) is 6.84. The van der Waals surface area contributed by atoms with Crippen molar-refractivity contribution >= 4 is 0 Å². The number of benzene rings is 1. The van der Waals surface area contributed by atoms with Crippen molar-refractivity contribution in [3.8, 4) is 0 Å². The van der Waals surface area contributed by atoms with Gasteiger partial charge in [0, 0.05) is 12.1 Å². The van der Waals surface area contributed by atoms with E-state index in [4.69, 9.17) is 0 Å². The van der Waals surface area contributed by atoms with E-state index in [0.717, 1.165) is 25.7 Å². The fourth-order valence-electron chi connectivity index (χ4n) is 2.97. The van der Waals surface area contributed by atoms with Crippen molar-refractivity contribution < 1.29 is 9.50 Å². The minimum absolute atomic E-state index is 0.0425. The molecule has 0 aliphatic carbocycles. The first-order valence-corrected chi connectivity index (χ1v) is 7.40. The zero-order valence-electron chi connectivity index (χ0n) is 11.6. The third kappa shape index (κ3) is 4.02. The van der Waals surface area contributed by atoms with Crippen LogP contribution in [0.15, 0.2) is 24.3 Å². The molecule has 1 aliphatic heterocycles. The monoisotopic (exact) mass is 265 g/mol. The largest absolute Gasteiger partial charge is 0.387 e. The molecule has 19 heavy (non-hydrogen) atoms. The van der Waals surface area contributed by atoms with Gasteiger partial charge >= 0.3 is 0 Å². The Morgan fingerprint density at radius 1 is 1.37 bits per heavy atom. The van der Waals surface area contributed by atoms with Gasteiger partial charge in [-0.05, 0) is 37.0 Å². The van der Waals surface area contributed by atoms with Gasteiger partial charge in [0.05, 0.1) is 6.10 Å². The number of hydrogen-bond donors (Lipinski definition) is 2. The van der Waals surface area contributed by atoms with Gasteiger partial charge in [0.2, 0.25) is 0 Å². The molecule has 2 nitrogen and oxygen atoms in total. The Balaban J connectivity index is 2.06. The summed E-state index contributed by atoms with van der Waals surface area (Å²) < 4.78 is 13.2. The van der Waals surface area contributed by atoms with Crippen LogP contribution < -0.4 is 5.32 Å². The lowest BCUT2D eigenvalue weighted by Gasteiger charge is -2.27. The average Bonchev–Trinajstić information content (AvgIpc) is 2.64. The van der Waals surface area contributed by atoms with Crippen molar-refractivity contribution in [3.63, 3.8) is 0 Å². The molecule has 1 fully saturated rings. The van der Waals surface area contributed by atoms with E-state index in [1.807, 2.05) is 0 Å². The summed E-state index contributed by atoms with van der Waals surface area (Å²) >= 11 is 0. The van der Waals surface area contributed by atoms with Crippen LogP contribution in [0.3, 0.4) is 0 Å². The topological polar surface area (TPSA) is 32.3 Å². The van der Waals surface area contributed by atoms with Gasteiger partial charge in [-0.25, -0.2) is 4.39 Å². The molecular formula is C16H24FNO. The highest BCUT2D eigenvalue weighted by Gasteiger charge is 2.25. The maximum Gasteiger partial charge on any atom is 0.123 e. The molecule has 1 saturated heterocycles. The van der Waals surface area contributed by atoms with Crippen LogP contribution in [-0.2, 0) is 0 Å². The Hall–Kier alpha value is -0.930. The summed E-state index contributed by atoms with van der Waals surface area (Å²) in [6.45, 7) is 2.19. The maximum absolute atomic E-state index is 13.2. The molecule has 0 unspecified atom stereocenters. The molecule has 3 atom stereocenters. The molecule has 0 radical (unpaired) electrons. The van der Waals surface area contributed by atoms with Crippen molar-refractivity contribution in [2.45, 2.75) is 63.6 Å². The average molecular weight is 265 g/mol.